The van der Waals surface area contributed by atoms with Gasteiger partial charge in [0.05, 0.1) is 16.6 Å². The van der Waals surface area contributed by atoms with Gasteiger partial charge in [0, 0.05) is 17.3 Å². The van der Waals surface area contributed by atoms with Crippen LogP contribution < -0.4 is 10.6 Å². The summed E-state index contributed by atoms with van der Waals surface area (Å²) in [7, 11) is 0. The van der Waals surface area contributed by atoms with E-state index < -0.39 is 5.54 Å². The molecular formula is C14H18N4O2S2. The molecule has 1 atom stereocenters. The van der Waals surface area contributed by atoms with E-state index in [1.54, 1.807) is 21.8 Å². The maximum absolute atomic E-state index is 12.2. The minimum absolute atomic E-state index is 0.130. The third-order valence-corrected chi connectivity index (χ3v) is 4.79. The Kier molecular flexibility index (Phi) is 5.25. The molecule has 2 N–H and O–H groups in total. The minimum Gasteiger partial charge on any atom is -0.348 e. The maximum Gasteiger partial charge on any atom is 0.271 e. The molecule has 2 amide bonds. The van der Waals surface area contributed by atoms with Gasteiger partial charge < -0.3 is 10.6 Å². The van der Waals surface area contributed by atoms with E-state index in [4.69, 9.17) is 0 Å². The van der Waals surface area contributed by atoms with Gasteiger partial charge in [-0.1, -0.05) is 13.8 Å². The van der Waals surface area contributed by atoms with Crippen molar-refractivity contribution in [2.75, 3.05) is 6.54 Å². The van der Waals surface area contributed by atoms with E-state index in [0.29, 0.717) is 17.9 Å². The molecule has 22 heavy (non-hydrogen) atoms. The smallest absolute Gasteiger partial charge is 0.271 e. The van der Waals surface area contributed by atoms with Crippen molar-refractivity contribution in [3.05, 3.63) is 33.2 Å². The Labute approximate surface area is 137 Å². The Balaban J connectivity index is 2.01. The van der Waals surface area contributed by atoms with Crippen LogP contribution in [-0.2, 0) is 0 Å². The maximum atomic E-state index is 12.2. The fourth-order valence-electron chi connectivity index (χ4n) is 1.72. The molecule has 0 saturated carbocycles. The van der Waals surface area contributed by atoms with Crippen LogP contribution in [0.15, 0.2) is 21.8 Å². The molecule has 0 fully saturated rings. The molecule has 0 aromatic carbocycles. The van der Waals surface area contributed by atoms with E-state index in [9.17, 15) is 9.59 Å². The van der Waals surface area contributed by atoms with E-state index in [2.05, 4.69) is 20.6 Å². The van der Waals surface area contributed by atoms with Crippen molar-refractivity contribution in [2.45, 2.75) is 26.3 Å². The van der Waals surface area contributed by atoms with Crippen molar-refractivity contribution in [1.29, 1.82) is 0 Å². The first kappa shape index (κ1) is 16.6. The van der Waals surface area contributed by atoms with E-state index in [1.165, 1.54) is 22.7 Å². The first-order valence-corrected chi connectivity index (χ1v) is 8.68. The molecule has 2 aromatic heterocycles. The van der Waals surface area contributed by atoms with Gasteiger partial charge in [-0.3, -0.25) is 9.59 Å². The SMILES string of the molecule is CC(C)[C@](C)(CNC(=O)c1cscn1)NC(=O)c1cscn1. The molecule has 0 aliphatic heterocycles. The van der Waals surface area contributed by atoms with Crippen LogP contribution in [-0.4, -0.2) is 33.9 Å². The van der Waals surface area contributed by atoms with Crippen LogP contribution >= 0.6 is 22.7 Å². The van der Waals surface area contributed by atoms with Gasteiger partial charge in [0.15, 0.2) is 0 Å². The summed E-state index contributed by atoms with van der Waals surface area (Å²) in [5, 5.41) is 9.19. The number of carbonyl (C=O) groups is 2. The first-order chi connectivity index (χ1) is 10.4. The predicted molar refractivity (Wildman–Crippen MR) is 87.3 cm³/mol. The number of nitrogens with zero attached hydrogens (tertiary/aromatic N) is 2. The second kappa shape index (κ2) is 6.97. The summed E-state index contributed by atoms with van der Waals surface area (Å²) in [5.41, 5.74) is 3.43. The summed E-state index contributed by atoms with van der Waals surface area (Å²) in [6, 6.07) is 0. The van der Waals surface area contributed by atoms with Crippen molar-refractivity contribution >= 4 is 34.5 Å². The summed E-state index contributed by atoms with van der Waals surface area (Å²) in [5.74, 6) is -0.345. The molecular weight excluding hydrogens is 320 g/mol. The molecule has 0 bridgehead atoms. The molecule has 2 aromatic rings. The Bertz CT molecular complexity index is 625. The van der Waals surface area contributed by atoms with Crippen LogP contribution in [0.5, 0.6) is 0 Å². The Hall–Kier alpha value is -1.80. The zero-order valence-corrected chi connectivity index (χ0v) is 14.3. The lowest BCUT2D eigenvalue weighted by atomic mass is 9.88. The number of thiazole rings is 2. The number of hydrogen-bond donors (Lipinski definition) is 2. The van der Waals surface area contributed by atoms with Crippen molar-refractivity contribution in [3.63, 3.8) is 0 Å². The number of amides is 2. The molecule has 0 radical (unpaired) electrons. The van der Waals surface area contributed by atoms with Gasteiger partial charge in [0.25, 0.3) is 11.8 Å². The van der Waals surface area contributed by atoms with E-state index >= 15 is 0 Å². The zero-order chi connectivity index (χ0) is 16.2. The topological polar surface area (TPSA) is 84.0 Å². The molecule has 0 spiro atoms. The largest absolute Gasteiger partial charge is 0.348 e. The van der Waals surface area contributed by atoms with Crippen molar-refractivity contribution in [1.82, 2.24) is 20.6 Å². The first-order valence-electron chi connectivity index (χ1n) is 6.79. The molecule has 8 heteroatoms. The number of carbonyl (C=O) groups excluding carboxylic acids is 2. The van der Waals surface area contributed by atoms with Gasteiger partial charge in [-0.05, 0) is 12.8 Å². The highest BCUT2D eigenvalue weighted by Crippen LogP contribution is 2.17. The number of aromatic nitrogens is 2. The highest BCUT2D eigenvalue weighted by Gasteiger charge is 2.31. The van der Waals surface area contributed by atoms with Gasteiger partial charge in [0.2, 0.25) is 0 Å². The van der Waals surface area contributed by atoms with E-state index in [1.807, 2.05) is 20.8 Å². The highest BCUT2D eigenvalue weighted by atomic mass is 32.1. The predicted octanol–water partition coefficient (Wildman–Crippen LogP) is 2.17. The lowest BCUT2D eigenvalue weighted by Crippen LogP contribution is -2.57. The summed E-state index contributed by atoms with van der Waals surface area (Å²) in [4.78, 5) is 32.2. The average Bonchev–Trinajstić information content (AvgIpc) is 3.16. The van der Waals surface area contributed by atoms with Crippen molar-refractivity contribution in [2.24, 2.45) is 5.92 Å². The fourth-order valence-corrected chi connectivity index (χ4v) is 2.78. The van der Waals surface area contributed by atoms with E-state index in [0.717, 1.165) is 0 Å². The van der Waals surface area contributed by atoms with Gasteiger partial charge in [0.1, 0.15) is 11.4 Å². The average molecular weight is 338 g/mol. The molecule has 2 heterocycles. The number of hydrogen-bond acceptors (Lipinski definition) is 6. The van der Waals surface area contributed by atoms with E-state index in [-0.39, 0.29) is 17.7 Å². The lowest BCUT2D eigenvalue weighted by Gasteiger charge is -2.34. The third kappa shape index (κ3) is 3.89. The standard InChI is InChI=1S/C14H18N4O2S2/c1-9(2)14(3,18-13(20)11-5-22-8-17-11)6-15-12(19)10-4-21-7-16-10/h4-5,7-9H,6H2,1-3H3,(H,15,19)(H,18,20)/t14-/m0/s1. The van der Waals surface area contributed by atoms with Crippen molar-refractivity contribution in [3.8, 4) is 0 Å². The van der Waals surface area contributed by atoms with Crippen LogP contribution in [0.4, 0.5) is 0 Å². The van der Waals surface area contributed by atoms with Gasteiger partial charge in [-0.2, -0.15) is 0 Å². The van der Waals surface area contributed by atoms with Gasteiger partial charge in [-0.15, -0.1) is 22.7 Å². The monoisotopic (exact) mass is 338 g/mol. The van der Waals surface area contributed by atoms with Crippen LogP contribution in [0, 0.1) is 5.92 Å². The normalized spacial score (nSPS) is 13.6. The highest BCUT2D eigenvalue weighted by molar-refractivity contribution is 7.08. The zero-order valence-electron chi connectivity index (χ0n) is 12.6. The summed E-state index contributed by atoms with van der Waals surface area (Å²) in [6.07, 6.45) is 0. The van der Waals surface area contributed by atoms with Gasteiger partial charge >= 0.3 is 0 Å². The lowest BCUT2D eigenvalue weighted by molar-refractivity contribution is 0.0839. The molecule has 118 valence electrons. The second-order valence-electron chi connectivity index (χ2n) is 5.46. The summed E-state index contributed by atoms with van der Waals surface area (Å²) >= 11 is 2.74. The molecule has 0 unspecified atom stereocenters. The number of nitrogens with one attached hydrogen (secondary N) is 2. The second-order valence-corrected chi connectivity index (χ2v) is 6.89. The van der Waals surface area contributed by atoms with Crippen LogP contribution in [0.25, 0.3) is 0 Å². The van der Waals surface area contributed by atoms with Crippen LogP contribution in [0.2, 0.25) is 0 Å². The Morgan fingerprint density at radius 3 is 2.14 bits per heavy atom. The molecule has 0 aliphatic rings. The molecule has 0 aliphatic carbocycles. The van der Waals surface area contributed by atoms with Gasteiger partial charge in [-0.25, -0.2) is 9.97 Å². The van der Waals surface area contributed by atoms with Crippen LogP contribution in [0.3, 0.4) is 0 Å². The molecule has 0 saturated heterocycles. The Morgan fingerprint density at radius 1 is 1.14 bits per heavy atom. The fraction of sp³-hybridized carbons (Fsp3) is 0.429. The molecule has 2 rings (SSSR count). The number of rotatable bonds is 6. The van der Waals surface area contributed by atoms with Crippen molar-refractivity contribution < 1.29 is 9.59 Å². The molecule has 6 nitrogen and oxygen atoms in total. The minimum atomic E-state index is -0.577. The van der Waals surface area contributed by atoms with Crippen LogP contribution in [0.1, 0.15) is 41.7 Å². The summed E-state index contributed by atoms with van der Waals surface area (Å²) in [6.45, 7) is 6.22. The summed E-state index contributed by atoms with van der Waals surface area (Å²) < 4.78 is 0. The Morgan fingerprint density at radius 2 is 1.68 bits per heavy atom. The third-order valence-electron chi connectivity index (χ3n) is 3.62. The quantitative estimate of drug-likeness (QED) is 0.845.